The summed E-state index contributed by atoms with van der Waals surface area (Å²) >= 11 is 0. The lowest BCUT2D eigenvalue weighted by Crippen LogP contribution is -2.53. The minimum Gasteiger partial charge on any atom is -0.460 e. The molecule has 1 saturated heterocycles. The van der Waals surface area contributed by atoms with Crippen LogP contribution in [0.25, 0.3) is 0 Å². The highest BCUT2D eigenvalue weighted by atomic mass is 16.5. The van der Waals surface area contributed by atoms with Crippen molar-refractivity contribution in [3.63, 3.8) is 0 Å². The van der Waals surface area contributed by atoms with Crippen molar-refractivity contribution in [2.45, 2.75) is 116 Å². The van der Waals surface area contributed by atoms with E-state index in [9.17, 15) is 9.59 Å². The van der Waals surface area contributed by atoms with E-state index >= 15 is 0 Å². The number of pyridine rings is 1. The quantitative estimate of drug-likeness (QED) is 0.245. The van der Waals surface area contributed by atoms with Gasteiger partial charge in [-0.1, -0.05) is 52.4 Å². The summed E-state index contributed by atoms with van der Waals surface area (Å²) < 4.78 is 12.1. The molecule has 0 radical (unpaired) electrons. The number of carbonyl (C=O) groups excluding carboxylic acids is 2. The second-order valence-electron chi connectivity index (χ2n) is 11.1. The number of piperidine rings is 1. The molecule has 2 heterocycles. The maximum absolute atomic E-state index is 13.2. The Labute approximate surface area is 218 Å². The zero-order valence-electron chi connectivity index (χ0n) is 22.8. The number of esters is 2. The summed E-state index contributed by atoms with van der Waals surface area (Å²) in [6.45, 7) is 7.53. The predicted octanol–water partition coefficient (Wildman–Crippen LogP) is 6.54. The lowest BCUT2D eigenvalue weighted by Gasteiger charge is -2.48. The molecule has 1 aliphatic heterocycles. The summed E-state index contributed by atoms with van der Waals surface area (Å²) in [6, 6.07) is 3.89. The number of nitrogens with one attached hydrogen (secondary N) is 1. The monoisotopic (exact) mass is 500 g/mol. The van der Waals surface area contributed by atoms with Gasteiger partial charge < -0.3 is 14.8 Å². The second-order valence-corrected chi connectivity index (χ2v) is 11.1. The highest BCUT2D eigenvalue weighted by molar-refractivity contribution is 5.72. The van der Waals surface area contributed by atoms with Crippen LogP contribution in [0.5, 0.6) is 0 Å². The largest absolute Gasteiger partial charge is 0.460 e. The van der Waals surface area contributed by atoms with E-state index in [1.54, 1.807) is 12.4 Å². The molecule has 6 nitrogen and oxygen atoms in total. The van der Waals surface area contributed by atoms with Gasteiger partial charge in [0.25, 0.3) is 0 Å². The molecular weight excluding hydrogens is 452 g/mol. The molecule has 0 bridgehead atoms. The van der Waals surface area contributed by atoms with Crippen LogP contribution in [0.1, 0.15) is 116 Å². The van der Waals surface area contributed by atoms with Crippen LogP contribution in [-0.4, -0.2) is 36.1 Å². The van der Waals surface area contributed by atoms with Gasteiger partial charge in [-0.3, -0.25) is 14.6 Å². The first-order valence-corrected chi connectivity index (χ1v) is 14.5. The van der Waals surface area contributed by atoms with Crippen molar-refractivity contribution in [3.8, 4) is 0 Å². The number of hydrogen-bond acceptors (Lipinski definition) is 6. The van der Waals surface area contributed by atoms with Crippen LogP contribution >= 0.6 is 0 Å². The van der Waals surface area contributed by atoms with E-state index < -0.39 is 0 Å². The molecule has 1 saturated carbocycles. The summed E-state index contributed by atoms with van der Waals surface area (Å²) in [7, 11) is 0. The van der Waals surface area contributed by atoms with E-state index in [-0.39, 0.29) is 41.4 Å². The van der Waals surface area contributed by atoms with Crippen molar-refractivity contribution in [2.24, 2.45) is 17.3 Å². The Morgan fingerprint density at radius 3 is 2.42 bits per heavy atom. The molecule has 202 valence electrons. The fourth-order valence-corrected chi connectivity index (χ4v) is 6.27. The summed E-state index contributed by atoms with van der Waals surface area (Å²) in [6.07, 6.45) is 17.4. The summed E-state index contributed by atoms with van der Waals surface area (Å²) in [5, 5.41) is 3.47. The standard InChI is InChI=1S/C30H48N2O4/c1-4-6-7-8-9-10-11-24(5-2)29(34)36-27-22-32-21-18-30(27)16-12-25(13-17-30)28(35-23(3)33)26-14-19-31-20-15-26/h14-15,19-20,24-25,27-28,32H,4-13,16-18,21-22H2,1-3H3. The SMILES string of the molecule is CCCCCCCCC(CC)C(=O)OC1CNCCC12CCC(C(OC(C)=O)c1ccncc1)CC2. The predicted molar refractivity (Wildman–Crippen MR) is 142 cm³/mol. The van der Waals surface area contributed by atoms with E-state index in [0.29, 0.717) is 0 Å². The third-order valence-electron chi connectivity index (χ3n) is 8.58. The van der Waals surface area contributed by atoms with Gasteiger partial charge in [-0.2, -0.15) is 0 Å². The van der Waals surface area contributed by atoms with E-state index in [1.165, 1.54) is 39.0 Å². The Balaban J connectivity index is 1.58. The molecule has 36 heavy (non-hydrogen) atoms. The number of nitrogens with zero attached hydrogens (tertiary/aromatic N) is 1. The van der Waals surface area contributed by atoms with Crippen molar-refractivity contribution in [2.75, 3.05) is 13.1 Å². The number of ether oxygens (including phenoxy) is 2. The first-order valence-electron chi connectivity index (χ1n) is 14.5. The van der Waals surface area contributed by atoms with Gasteiger partial charge in [0.1, 0.15) is 12.2 Å². The number of carbonyl (C=O) groups is 2. The van der Waals surface area contributed by atoms with Gasteiger partial charge in [-0.25, -0.2) is 0 Å². The van der Waals surface area contributed by atoms with Crippen molar-refractivity contribution in [1.82, 2.24) is 10.3 Å². The summed E-state index contributed by atoms with van der Waals surface area (Å²) in [5.74, 6) is 0.0216. The van der Waals surface area contributed by atoms with Crippen LogP contribution in [-0.2, 0) is 19.1 Å². The maximum atomic E-state index is 13.2. The highest BCUT2D eigenvalue weighted by Gasteiger charge is 2.47. The molecule has 6 heteroatoms. The van der Waals surface area contributed by atoms with Gasteiger partial charge in [-0.15, -0.1) is 0 Å². The molecule has 3 rings (SSSR count). The van der Waals surface area contributed by atoms with Crippen LogP contribution in [0.2, 0.25) is 0 Å². The fourth-order valence-electron chi connectivity index (χ4n) is 6.27. The third kappa shape index (κ3) is 8.03. The van der Waals surface area contributed by atoms with Gasteiger partial charge in [-0.05, 0) is 69.2 Å². The first kappa shape index (κ1) is 28.6. The van der Waals surface area contributed by atoms with Crippen molar-refractivity contribution >= 4 is 11.9 Å². The first-order chi connectivity index (χ1) is 17.5. The van der Waals surface area contributed by atoms with Gasteiger partial charge in [0.05, 0.1) is 5.92 Å². The Bertz CT molecular complexity index is 791. The second kappa shape index (κ2) is 14.7. The maximum Gasteiger partial charge on any atom is 0.309 e. The molecular formula is C30H48N2O4. The summed E-state index contributed by atoms with van der Waals surface area (Å²) in [5.41, 5.74) is 1.03. The van der Waals surface area contributed by atoms with Gasteiger partial charge in [0.2, 0.25) is 0 Å². The fraction of sp³-hybridized carbons (Fsp3) is 0.767. The van der Waals surface area contributed by atoms with Crippen LogP contribution in [0.3, 0.4) is 0 Å². The normalized spacial score (nSPS) is 25.8. The average Bonchev–Trinajstić information content (AvgIpc) is 2.89. The molecule has 0 amide bonds. The van der Waals surface area contributed by atoms with E-state index in [2.05, 4.69) is 24.1 Å². The lowest BCUT2D eigenvalue weighted by molar-refractivity contribution is -0.169. The Morgan fingerprint density at radius 1 is 1.06 bits per heavy atom. The Morgan fingerprint density at radius 2 is 1.75 bits per heavy atom. The summed E-state index contributed by atoms with van der Waals surface area (Å²) in [4.78, 5) is 29.2. The average molecular weight is 501 g/mol. The molecule has 1 N–H and O–H groups in total. The van der Waals surface area contributed by atoms with Crippen molar-refractivity contribution in [3.05, 3.63) is 30.1 Å². The number of rotatable bonds is 13. The Hall–Kier alpha value is -1.95. The molecule has 2 aliphatic rings. The smallest absolute Gasteiger partial charge is 0.309 e. The van der Waals surface area contributed by atoms with Gasteiger partial charge in [0, 0.05) is 37.2 Å². The molecule has 3 atom stereocenters. The molecule has 3 unspecified atom stereocenters. The topological polar surface area (TPSA) is 77.5 Å². The number of hydrogen-bond donors (Lipinski definition) is 1. The van der Waals surface area contributed by atoms with Crippen LogP contribution < -0.4 is 5.32 Å². The van der Waals surface area contributed by atoms with Crippen molar-refractivity contribution < 1.29 is 19.1 Å². The van der Waals surface area contributed by atoms with E-state index in [0.717, 1.165) is 70.0 Å². The minimum atomic E-state index is -0.248. The van der Waals surface area contributed by atoms with E-state index in [1.807, 2.05) is 12.1 Å². The minimum absolute atomic E-state index is 0.00386. The number of aromatic nitrogens is 1. The van der Waals surface area contributed by atoms with Gasteiger partial charge >= 0.3 is 11.9 Å². The number of unbranched alkanes of at least 4 members (excludes halogenated alkanes) is 5. The zero-order valence-corrected chi connectivity index (χ0v) is 22.8. The highest BCUT2D eigenvalue weighted by Crippen LogP contribution is 2.50. The van der Waals surface area contributed by atoms with E-state index in [4.69, 9.17) is 9.47 Å². The molecule has 1 aromatic heterocycles. The third-order valence-corrected chi connectivity index (χ3v) is 8.58. The molecule has 0 aromatic carbocycles. The molecule has 1 aliphatic carbocycles. The Kier molecular flexibility index (Phi) is 11.7. The molecule has 2 fully saturated rings. The van der Waals surface area contributed by atoms with Gasteiger partial charge in [0.15, 0.2) is 0 Å². The molecule has 1 spiro atoms. The van der Waals surface area contributed by atoms with Crippen LogP contribution in [0, 0.1) is 17.3 Å². The van der Waals surface area contributed by atoms with Crippen LogP contribution in [0.4, 0.5) is 0 Å². The lowest BCUT2D eigenvalue weighted by atomic mass is 9.63. The van der Waals surface area contributed by atoms with Crippen LogP contribution in [0.15, 0.2) is 24.5 Å². The molecule has 1 aromatic rings. The van der Waals surface area contributed by atoms with Crippen molar-refractivity contribution in [1.29, 1.82) is 0 Å². The zero-order chi connectivity index (χ0) is 25.8.